The van der Waals surface area contributed by atoms with E-state index in [9.17, 15) is 4.79 Å². The Hall–Kier alpha value is -1.31. The molecule has 0 heterocycles. The topological polar surface area (TPSA) is 20.3 Å². The lowest BCUT2D eigenvalue weighted by atomic mass is 10.1. The van der Waals surface area contributed by atoms with Gasteiger partial charge in [0.15, 0.2) is 0 Å². The lowest BCUT2D eigenvalue weighted by molar-refractivity contribution is -0.130. The SMILES string of the molecule is CCN(CC)C(=O)Cc1cccc(C)c1. The molecule has 1 aromatic carbocycles. The predicted molar refractivity (Wildman–Crippen MR) is 62.8 cm³/mol. The van der Waals surface area contributed by atoms with Crippen molar-refractivity contribution in [3.63, 3.8) is 0 Å². The summed E-state index contributed by atoms with van der Waals surface area (Å²) >= 11 is 0. The highest BCUT2D eigenvalue weighted by atomic mass is 16.2. The summed E-state index contributed by atoms with van der Waals surface area (Å²) in [5.41, 5.74) is 2.31. The zero-order valence-corrected chi connectivity index (χ0v) is 9.79. The van der Waals surface area contributed by atoms with E-state index in [0.717, 1.165) is 18.7 Å². The van der Waals surface area contributed by atoms with E-state index >= 15 is 0 Å². The van der Waals surface area contributed by atoms with Gasteiger partial charge in [0.2, 0.25) is 5.91 Å². The fourth-order valence-electron chi connectivity index (χ4n) is 1.68. The van der Waals surface area contributed by atoms with Crippen molar-refractivity contribution in [3.05, 3.63) is 35.4 Å². The Bertz CT molecular complexity index is 329. The van der Waals surface area contributed by atoms with Crippen LogP contribution in [0.2, 0.25) is 0 Å². The van der Waals surface area contributed by atoms with Crippen LogP contribution in [0, 0.1) is 6.92 Å². The molecule has 0 unspecified atom stereocenters. The second-order valence-corrected chi connectivity index (χ2v) is 3.73. The minimum Gasteiger partial charge on any atom is -0.343 e. The highest BCUT2D eigenvalue weighted by molar-refractivity contribution is 5.78. The van der Waals surface area contributed by atoms with Gasteiger partial charge in [-0.25, -0.2) is 0 Å². The van der Waals surface area contributed by atoms with Crippen LogP contribution in [0.1, 0.15) is 25.0 Å². The van der Waals surface area contributed by atoms with E-state index in [2.05, 4.69) is 6.07 Å². The van der Waals surface area contributed by atoms with Crippen LogP contribution in [-0.4, -0.2) is 23.9 Å². The number of amides is 1. The van der Waals surface area contributed by atoms with E-state index in [1.54, 1.807) is 0 Å². The number of rotatable bonds is 4. The van der Waals surface area contributed by atoms with Crippen molar-refractivity contribution in [1.29, 1.82) is 0 Å². The molecular formula is C13H19NO. The van der Waals surface area contributed by atoms with Crippen LogP contribution in [0.15, 0.2) is 24.3 Å². The molecule has 0 radical (unpaired) electrons. The lowest BCUT2D eigenvalue weighted by Crippen LogP contribution is -2.31. The van der Waals surface area contributed by atoms with Gasteiger partial charge in [0.25, 0.3) is 0 Å². The summed E-state index contributed by atoms with van der Waals surface area (Å²) in [4.78, 5) is 13.7. The molecule has 1 aromatic rings. The summed E-state index contributed by atoms with van der Waals surface area (Å²) in [5, 5.41) is 0. The minimum absolute atomic E-state index is 0.214. The zero-order valence-electron chi connectivity index (χ0n) is 9.79. The summed E-state index contributed by atoms with van der Waals surface area (Å²) in [5.74, 6) is 0.214. The van der Waals surface area contributed by atoms with Gasteiger partial charge in [-0.2, -0.15) is 0 Å². The van der Waals surface area contributed by atoms with Crippen LogP contribution in [0.3, 0.4) is 0 Å². The normalized spacial score (nSPS) is 10.1. The average molecular weight is 205 g/mol. The summed E-state index contributed by atoms with van der Waals surface area (Å²) in [6.45, 7) is 7.66. The quantitative estimate of drug-likeness (QED) is 0.739. The summed E-state index contributed by atoms with van der Waals surface area (Å²) in [6.07, 6.45) is 0.517. The van der Waals surface area contributed by atoms with Crippen molar-refractivity contribution in [2.75, 3.05) is 13.1 Å². The van der Waals surface area contributed by atoms with Gasteiger partial charge in [0.05, 0.1) is 6.42 Å². The minimum atomic E-state index is 0.214. The van der Waals surface area contributed by atoms with Crippen molar-refractivity contribution in [2.45, 2.75) is 27.2 Å². The lowest BCUT2D eigenvalue weighted by Gasteiger charge is -2.18. The largest absolute Gasteiger partial charge is 0.343 e. The van der Waals surface area contributed by atoms with E-state index in [1.165, 1.54) is 5.56 Å². The Morgan fingerprint density at radius 1 is 1.27 bits per heavy atom. The van der Waals surface area contributed by atoms with Gasteiger partial charge in [0, 0.05) is 13.1 Å². The molecule has 0 aliphatic carbocycles. The summed E-state index contributed by atoms with van der Waals surface area (Å²) in [7, 11) is 0. The monoisotopic (exact) mass is 205 g/mol. The average Bonchev–Trinajstić information content (AvgIpc) is 2.19. The van der Waals surface area contributed by atoms with Gasteiger partial charge >= 0.3 is 0 Å². The third-order valence-electron chi connectivity index (χ3n) is 2.55. The van der Waals surface area contributed by atoms with Crippen molar-refractivity contribution in [2.24, 2.45) is 0 Å². The Kier molecular flexibility index (Phi) is 4.35. The van der Waals surface area contributed by atoms with Crippen LogP contribution in [0.25, 0.3) is 0 Å². The van der Waals surface area contributed by atoms with Crippen molar-refractivity contribution in [1.82, 2.24) is 4.90 Å². The van der Waals surface area contributed by atoms with Crippen LogP contribution in [0.4, 0.5) is 0 Å². The first-order chi connectivity index (χ1) is 7.17. The maximum absolute atomic E-state index is 11.8. The number of hydrogen-bond acceptors (Lipinski definition) is 1. The number of nitrogens with zero attached hydrogens (tertiary/aromatic N) is 1. The maximum atomic E-state index is 11.8. The number of likely N-dealkylation sites (N-methyl/N-ethyl adjacent to an activating group) is 1. The van der Waals surface area contributed by atoms with E-state index in [-0.39, 0.29) is 5.91 Å². The maximum Gasteiger partial charge on any atom is 0.226 e. The van der Waals surface area contributed by atoms with E-state index in [0.29, 0.717) is 6.42 Å². The first-order valence-corrected chi connectivity index (χ1v) is 5.50. The number of hydrogen-bond donors (Lipinski definition) is 0. The Labute approximate surface area is 91.9 Å². The molecule has 1 amide bonds. The molecule has 15 heavy (non-hydrogen) atoms. The van der Waals surface area contributed by atoms with Gasteiger partial charge in [0.1, 0.15) is 0 Å². The molecular weight excluding hydrogens is 186 g/mol. The van der Waals surface area contributed by atoms with Crippen LogP contribution in [0.5, 0.6) is 0 Å². The van der Waals surface area contributed by atoms with Gasteiger partial charge in [-0.3, -0.25) is 4.79 Å². The molecule has 0 saturated carbocycles. The zero-order chi connectivity index (χ0) is 11.3. The number of carbonyl (C=O) groups is 1. The highest BCUT2D eigenvalue weighted by Gasteiger charge is 2.09. The van der Waals surface area contributed by atoms with Gasteiger partial charge in [-0.15, -0.1) is 0 Å². The molecule has 1 rings (SSSR count). The molecule has 0 spiro atoms. The van der Waals surface area contributed by atoms with E-state index in [1.807, 2.05) is 43.9 Å². The molecule has 0 aliphatic rings. The molecule has 82 valence electrons. The molecule has 2 heteroatoms. The Balaban J connectivity index is 2.65. The molecule has 0 bridgehead atoms. The molecule has 0 fully saturated rings. The van der Waals surface area contributed by atoms with Gasteiger partial charge in [-0.1, -0.05) is 29.8 Å². The Morgan fingerprint density at radius 2 is 1.93 bits per heavy atom. The van der Waals surface area contributed by atoms with Crippen molar-refractivity contribution < 1.29 is 4.79 Å². The second kappa shape index (κ2) is 5.54. The van der Waals surface area contributed by atoms with Crippen molar-refractivity contribution in [3.8, 4) is 0 Å². The highest BCUT2D eigenvalue weighted by Crippen LogP contribution is 2.06. The fraction of sp³-hybridized carbons (Fsp3) is 0.462. The molecule has 0 atom stereocenters. The molecule has 2 nitrogen and oxygen atoms in total. The third kappa shape index (κ3) is 3.39. The fourth-order valence-corrected chi connectivity index (χ4v) is 1.68. The van der Waals surface area contributed by atoms with Crippen LogP contribution in [-0.2, 0) is 11.2 Å². The number of carbonyl (C=O) groups excluding carboxylic acids is 1. The van der Waals surface area contributed by atoms with Gasteiger partial charge in [-0.05, 0) is 26.3 Å². The first-order valence-electron chi connectivity index (χ1n) is 5.50. The van der Waals surface area contributed by atoms with Gasteiger partial charge < -0.3 is 4.90 Å². The second-order valence-electron chi connectivity index (χ2n) is 3.73. The van der Waals surface area contributed by atoms with Crippen molar-refractivity contribution >= 4 is 5.91 Å². The van der Waals surface area contributed by atoms with Crippen LogP contribution >= 0.6 is 0 Å². The summed E-state index contributed by atoms with van der Waals surface area (Å²) < 4.78 is 0. The smallest absolute Gasteiger partial charge is 0.226 e. The predicted octanol–water partition coefficient (Wildman–Crippen LogP) is 2.41. The summed E-state index contributed by atoms with van der Waals surface area (Å²) in [6, 6.07) is 8.13. The number of benzene rings is 1. The first kappa shape index (κ1) is 11.8. The van der Waals surface area contributed by atoms with Crippen LogP contribution < -0.4 is 0 Å². The molecule has 0 saturated heterocycles. The molecule has 0 aromatic heterocycles. The van der Waals surface area contributed by atoms with E-state index < -0.39 is 0 Å². The molecule has 0 N–H and O–H groups in total. The Morgan fingerprint density at radius 3 is 2.47 bits per heavy atom. The standard InChI is InChI=1S/C13H19NO/c1-4-14(5-2)13(15)10-12-8-6-7-11(3)9-12/h6-9H,4-5,10H2,1-3H3. The molecule has 0 aliphatic heterocycles. The van der Waals surface area contributed by atoms with E-state index in [4.69, 9.17) is 0 Å². The number of aryl methyl sites for hydroxylation is 1. The third-order valence-corrected chi connectivity index (χ3v) is 2.55.